The van der Waals surface area contributed by atoms with Gasteiger partial charge in [-0.2, -0.15) is 0 Å². The van der Waals surface area contributed by atoms with Crippen molar-refractivity contribution in [3.8, 4) is 0 Å². The lowest BCUT2D eigenvalue weighted by molar-refractivity contribution is -0.0657. The molecule has 1 N–H and O–H groups in total. The summed E-state index contributed by atoms with van der Waals surface area (Å²) >= 11 is 0. The van der Waals surface area contributed by atoms with E-state index >= 15 is 0 Å². The third-order valence-electron chi connectivity index (χ3n) is 10.6. The maximum Gasteiger partial charge on any atom is 0.414 e. The van der Waals surface area contributed by atoms with Crippen molar-refractivity contribution in [1.82, 2.24) is 0 Å². The Hall–Kier alpha value is -1.88. The molecule has 1 saturated heterocycles. The van der Waals surface area contributed by atoms with Crippen molar-refractivity contribution in [3.05, 3.63) is 41.7 Å². The van der Waals surface area contributed by atoms with E-state index in [0.29, 0.717) is 35.9 Å². The van der Waals surface area contributed by atoms with Crippen LogP contribution in [0.3, 0.4) is 0 Å². The molecule has 1 unspecified atom stereocenters. The van der Waals surface area contributed by atoms with Gasteiger partial charge in [0, 0.05) is 11.6 Å². The fraction of sp³-hybridized carbons (Fsp3) is 0.679. The van der Waals surface area contributed by atoms with Gasteiger partial charge in [0.05, 0.1) is 12.6 Å². The van der Waals surface area contributed by atoms with Crippen LogP contribution in [0, 0.1) is 40.3 Å². The van der Waals surface area contributed by atoms with Gasteiger partial charge in [-0.1, -0.05) is 25.5 Å². The summed E-state index contributed by atoms with van der Waals surface area (Å²) in [5.74, 6) is 2.16. The molecule has 0 aromatic heterocycles. The van der Waals surface area contributed by atoms with Crippen molar-refractivity contribution in [2.24, 2.45) is 34.5 Å². The molecule has 1 aromatic carbocycles. The zero-order valence-corrected chi connectivity index (χ0v) is 19.8. The van der Waals surface area contributed by atoms with E-state index in [0.717, 1.165) is 32.1 Å². The first-order chi connectivity index (χ1) is 15.8. The van der Waals surface area contributed by atoms with Gasteiger partial charge >= 0.3 is 6.09 Å². The molecule has 8 atom stereocenters. The topological polar surface area (TPSA) is 49.8 Å². The second-order valence-corrected chi connectivity index (χ2v) is 11.9. The van der Waals surface area contributed by atoms with Crippen molar-refractivity contribution in [2.45, 2.75) is 77.4 Å². The number of carbonyl (C=O) groups excluding carboxylic acids is 1. The molecular weight excluding hydrogens is 417 g/mol. The fourth-order valence-corrected chi connectivity index (χ4v) is 8.82. The second kappa shape index (κ2) is 7.56. The first-order valence-corrected chi connectivity index (χ1v) is 12.9. The number of hydrogen-bond acceptors (Lipinski definition) is 3. The molecule has 178 valence electrons. The number of aliphatic hydroxyl groups excluding tert-OH is 1. The number of cyclic esters (lactones) is 1. The van der Waals surface area contributed by atoms with Crippen molar-refractivity contribution < 1.29 is 19.0 Å². The third-order valence-corrected chi connectivity index (χ3v) is 10.6. The van der Waals surface area contributed by atoms with Crippen molar-refractivity contribution in [2.75, 3.05) is 11.4 Å². The highest BCUT2D eigenvalue weighted by atomic mass is 19.1. The minimum absolute atomic E-state index is 0.0933. The standard InChI is InChI=1S/C28H36FNO3/c1-27-13-11-20(31)15-17(27)3-8-21-22-9-10-24(28(22,2)14-12-23(21)27)25-16-30(26(32)33-25)19-6-4-18(29)5-7-19/h3-7,20-25,31H,8-16H2,1-2H3/t20-,21-,22-,23-,24+,25?,27-,28-/m0/s1. The molecule has 1 aliphatic heterocycles. The van der Waals surface area contributed by atoms with Gasteiger partial charge in [0.2, 0.25) is 0 Å². The maximum atomic E-state index is 13.4. The zero-order chi connectivity index (χ0) is 23.0. The quantitative estimate of drug-likeness (QED) is 0.551. The van der Waals surface area contributed by atoms with Gasteiger partial charge in [0.25, 0.3) is 0 Å². The number of carbonyl (C=O) groups is 1. The minimum atomic E-state index is -0.300. The number of ether oxygens (including phenoxy) is 1. The van der Waals surface area contributed by atoms with Gasteiger partial charge in [-0.05, 0) is 104 Å². The lowest BCUT2D eigenvalue weighted by atomic mass is 9.47. The molecule has 0 spiro atoms. The Balaban J connectivity index is 1.23. The first-order valence-electron chi connectivity index (χ1n) is 12.9. The Morgan fingerprint density at radius 3 is 2.58 bits per heavy atom. The Morgan fingerprint density at radius 1 is 1.03 bits per heavy atom. The largest absolute Gasteiger partial charge is 0.444 e. The molecule has 4 aliphatic carbocycles. The number of hydrogen-bond donors (Lipinski definition) is 1. The number of benzene rings is 1. The Kier molecular flexibility index (Phi) is 4.96. The molecule has 4 fully saturated rings. The van der Waals surface area contributed by atoms with Crippen LogP contribution in [0.2, 0.25) is 0 Å². The molecule has 3 saturated carbocycles. The number of amides is 1. The van der Waals surface area contributed by atoms with E-state index in [2.05, 4.69) is 19.9 Å². The maximum absolute atomic E-state index is 13.4. The van der Waals surface area contributed by atoms with E-state index in [1.54, 1.807) is 17.0 Å². The van der Waals surface area contributed by atoms with Gasteiger partial charge < -0.3 is 9.84 Å². The normalized spacial score (nSPS) is 44.5. The van der Waals surface area contributed by atoms with Crippen LogP contribution in [0.1, 0.15) is 65.2 Å². The lowest BCUT2D eigenvalue weighted by Gasteiger charge is -2.58. The SMILES string of the molecule is C[C@]12CC[C@H]3[C@@H](CC=C4C[C@@H](O)CC[C@@]43C)[C@@H]1CC[C@@H]2C1CN(c2ccc(F)cc2)C(=O)O1. The predicted octanol–water partition coefficient (Wildman–Crippen LogP) is 6.09. The fourth-order valence-electron chi connectivity index (χ4n) is 8.82. The van der Waals surface area contributed by atoms with Crippen LogP contribution < -0.4 is 4.90 Å². The number of anilines is 1. The molecule has 1 aromatic rings. The number of nitrogens with zero attached hydrogens (tertiary/aromatic N) is 1. The Bertz CT molecular complexity index is 976. The van der Waals surface area contributed by atoms with E-state index in [1.807, 2.05) is 0 Å². The number of aliphatic hydroxyl groups is 1. The molecule has 5 aliphatic rings. The summed E-state index contributed by atoms with van der Waals surface area (Å²) in [5, 5.41) is 10.2. The van der Waals surface area contributed by atoms with E-state index < -0.39 is 0 Å². The summed E-state index contributed by atoms with van der Waals surface area (Å²) in [7, 11) is 0. The van der Waals surface area contributed by atoms with Gasteiger partial charge in [0.15, 0.2) is 0 Å². The van der Waals surface area contributed by atoms with E-state index in [1.165, 1.54) is 37.0 Å². The first kappa shape index (κ1) is 21.6. The number of rotatable bonds is 2. The minimum Gasteiger partial charge on any atom is -0.444 e. The summed E-state index contributed by atoms with van der Waals surface area (Å²) in [6, 6.07) is 6.13. The molecule has 4 nitrogen and oxygen atoms in total. The smallest absolute Gasteiger partial charge is 0.414 e. The molecule has 0 bridgehead atoms. The van der Waals surface area contributed by atoms with E-state index in [4.69, 9.17) is 4.74 Å². The highest BCUT2D eigenvalue weighted by molar-refractivity contribution is 5.89. The van der Waals surface area contributed by atoms with Crippen LogP contribution in [-0.2, 0) is 4.74 Å². The molecule has 1 amide bonds. The Morgan fingerprint density at radius 2 is 1.79 bits per heavy atom. The molecule has 5 heteroatoms. The van der Waals surface area contributed by atoms with Gasteiger partial charge in [-0.25, -0.2) is 9.18 Å². The molecule has 0 radical (unpaired) electrons. The Labute approximate surface area is 196 Å². The molecule has 1 heterocycles. The molecular formula is C28H36FNO3. The van der Waals surface area contributed by atoms with Crippen molar-refractivity contribution in [3.63, 3.8) is 0 Å². The number of halogens is 1. The summed E-state index contributed by atoms with van der Waals surface area (Å²) in [4.78, 5) is 14.4. The van der Waals surface area contributed by atoms with Crippen molar-refractivity contribution >= 4 is 11.8 Å². The van der Waals surface area contributed by atoms with Crippen LogP contribution in [0.4, 0.5) is 14.9 Å². The van der Waals surface area contributed by atoms with Crippen LogP contribution in [0.15, 0.2) is 35.9 Å². The summed E-state index contributed by atoms with van der Waals surface area (Å²) in [6.45, 7) is 5.49. The van der Waals surface area contributed by atoms with Gasteiger partial charge in [-0.3, -0.25) is 4.90 Å². The highest BCUT2D eigenvalue weighted by Crippen LogP contribution is 2.67. The number of allylic oxidation sites excluding steroid dienone is 1. The number of fused-ring (bicyclic) bond motifs is 5. The second-order valence-electron chi connectivity index (χ2n) is 11.9. The third kappa shape index (κ3) is 3.21. The average Bonchev–Trinajstić information content (AvgIpc) is 3.34. The highest BCUT2D eigenvalue weighted by Gasteiger charge is 2.61. The van der Waals surface area contributed by atoms with Gasteiger partial charge in [-0.15, -0.1) is 0 Å². The van der Waals surface area contributed by atoms with E-state index in [9.17, 15) is 14.3 Å². The van der Waals surface area contributed by atoms with Gasteiger partial charge in [0.1, 0.15) is 11.9 Å². The van der Waals surface area contributed by atoms with Crippen LogP contribution in [0.25, 0.3) is 0 Å². The summed E-state index contributed by atoms with van der Waals surface area (Å²) < 4.78 is 19.3. The van der Waals surface area contributed by atoms with Crippen LogP contribution in [-0.4, -0.2) is 30.0 Å². The predicted molar refractivity (Wildman–Crippen MR) is 125 cm³/mol. The van der Waals surface area contributed by atoms with Crippen LogP contribution in [0.5, 0.6) is 0 Å². The summed E-state index contributed by atoms with van der Waals surface area (Å²) in [5.41, 5.74) is 2.67. The molecule has 6 rings (SSSR count). The molecule has 33 heavy (non-hydrogen) atoms. The van der Waals surface area contributed by atoms with E-state index in [-0.39, 0.29) is 34.9 Å². The lowest BCUT2D eigenvalue weighted by Crippen LogP contribution is -2.51. The monoisotopic (exact) mass is 453 g/mol. The van der Waals surface area contributed by atoms with Crippen LogP contribution >= 0.6 is 0 Å². The zero-order valence-electron chi connectivity index (χ0n) is 19.8. The summed E-state index contributed by atoms with van der Waals surface area (Å²) in [6.07, 6.45) is 10.7. The van der Waals surface area contributed by atoms with Crippen molar-refractivity contribution in [1.29, 1.82) is 0 Å². The average molecular weight is 454 g/mol.